The second-order valence-corrected chi connectivity index (χ2v) is 3.32. The summed E-state index contributed by atoms with van der Waals surface area (Å²) in [5.74, 6) is 0. The van der Waals surface area contributed by atoms with Gasteiger partial charge >= 0.3 is 17.4 Å². The van der Waals surface area contributed by atoms with Crippen molar-refractivity contribution in [3.05, 3.63) is 47.6 Å². The van der Waals surface area contributed by atoms with E-state index in [1.54, 1.807) is 0 Å². The molecule has 0 aliphatic heterocycles. The fourth-order valence-electron chi connectivity index (χ4n) is 1.39. The molecule has 0 bridgehead atoms. The fraction of sp³-hybridized carbons (Fsp3) is 0.429. The Hall–Kier alpha value is -0.508. The molecular weight excluding hydrogens is 220 g/mol. The molecule has 0 aromatic heterocycles. The van der Waals surface area contributed by atoms with Crippen LogP contribution in [0.3, 0.4) is 0 Å². The van der Waals surface area contributed by atoms with Gasteiger partial charge in [0.1, 0.15) is 0 Å². The number of allylic oxidation sites excluding steroid dienone is 8. The zero-order valence-electron chi connectivity index (χ0n) is 9.55. The number of hydrogen-bond acceptors (Lipinski definition) is 0. The second-order valence-electron chi connectivity index (χ2n) is 3.32. The summed E-state index contributed by atoms with van der Waals surface area (Å²) < 4.78 is 0. The minimum Gasteiger partial charge on any atom is -0.270 e. The Balaban J connectivity index is 0.000000245. The zero-order valence-corrected chi connectivity index (χ0v) is 10.8. The normalized spacial score (nSPS) is 16.4. The Morgan fingerprint density at radius 1 is 0.933 bits per heavy atom. The monoisotopic (exact) mass is 238 g/mol. The van der Waals surface area contributed by atoms with Gasteiger partial charge in [-0.3, -0.25) is 12.2 Å². The topological polar surface area (TPSA) is 0 Å². The van der Waals surface area contributed by atoms with E-state index >= 15 is 0 Å². The molecule has 0 nitrogen and oxygen atoms in total. The maximum Gasteiger partial charge on any atom is 2.00 e. The average molecular weight is 238 g/mol. The van der Waals surface area contributed by atoms with Crippen LogP contribution in [0.15, 0.2) is 35.5 Å². The van der Waals surface area contributed by atoms with Gasteiger partial charge < -0.3 is 0 Å². The molecule has 0 aromatic rings. The summed E-state index contributed by atoms with van der Waals surface area (Å²) in [6.45, 7) is 4.30. The van der Waals surface area contributed by atoms with Crippen molar-refractivity contribution in [2.45, 2.75) is 39.5 Å². The van der Waals surface area contributed by atoms with Gasteiger partial charge in [-0.05, 0) is 0 Å². The van der Waals surface area contributed by atoms with Gasteiger partial charge in [0.2, 0.25) is 0 Å². The van der Waals surface area contributed by atoms with Crippen LogP contribution in [-0.2, 0) is 17.4 Å². The molecule has 0 unspecified atom stereocenters. The van der Waals surface area contributed by atoms with Crippen molar-refractivity contribution in [1.82, 2.24) is 0 Å². The quantitative estimate of drug-likeness (QED) is 0.633. The molecule has 15 heavy (non-hydrogen) atoms. The Kier molecular flexibility index (Phi) is 8.48. The molecule has 0 aromatic carbocycles. The molecule has 0 N–H and O–H groups in total. The first-order chi connectivity index (χ1) is 6.86. The largest absolute Gasteiger partial charge is 2.00 e. The van der Waals surface area contributed by atoms with E-state index in [-0.39, 0.29) is 17.4 Å². The Bertz CT molecular complexity index is 250. The molecule has 80 valence electrons. The van der Waals surface area contributed by atoms with E-state index in [1.807, 2.05) is 0 Å². The number of rotatable bonds is 2. The Morgan fingerprint density at radius 3 is 1.47 bits per heavy atom. The molecule has 0 saturated heterocycles. The molecule has 2 aliphatic rings. The third-order valence-corrected chi connectivity index (χ3v) is 2.29. The summed E-state index contributed by atoms with van der Waals surface area (Å²) in [5, 5.41) is 0. The fourth-order valence-corrected chi connectivity index (χ4v) is 1.39. The maximum absolute atomic E-state index is 3.21. The van der Waals surface area contributed by atoms with E-state index in [1.165, 1.54) is 11.1 Å². The first kappa shape index (κ1) is 14.5. The van der Waals surface area contributed by atoms with Crippen molar-refractivity contribution in [1.29, 1.82) is 0 Å². The first-order valence-electron chi connectivity index (χ1n) is 5.39. The third kappa shape index (κ3) is 5.82. The van der Waals surface area contributed by atoms with E-state index < -0.39 is 0 Å². The molecule has 0 heterocycles. The predicted octanol–water partition coefficient (Wildman–Crippen LogP) is 4.17. The molecule has 0 saturated carbocycles. The van der Waals surface area contributed by atoms with Crippen LogP contribution < -0.4 is 0 Å². The Labute approximate surface area is 105 Å². The standard InChI is InChI=1S/2C7H9.Cr/c2*1-2-7-5-3-4-6-7;/h2*3,5H,2,4H2,1H3;/q2*-1;+2. The van der Waals surface area contributed by atoms with Crippen molar-refractivity contribution in [2.75, 3.05) is 0 Å². The minimum atomic E-state index is 0. The summed E-state index contributed by atoms with van der Waals surface area (Å²) in [5.41, 5.74) is 2.72. The molecular formula is C14H18Cr. The molecule has 0 fully saturated rings. The molecule has 2 aliphatic carbocycles. The minimum absolute atomic E-state index is 0. The maximum atomic E-state index is 3.21. The van der Waals surface area contributed by atoms with Crippen molar-refractivity contribution < 1.29 is 17.4 Å². The van der Waals surface area contributed by atoms with Crippen LogP contribution in [-0.4, -0.2) is 0 Å². The van der Waals surface area contributed by atoms with E-state index in [0.717, 1.165) is 25.7 Å². The summed E-state index contributed by atoms with van der Waals surface area (Å²) >= 11 is 0. The van der Waals surface area contributed by atoms with Crippen LogP contribution in [0, 0.1) is 12.2 Å². The molecule has 1 heteroatoms. The summed E-state index contributed by atoms with van der Waals surface area (Å²) in [4.78, 5) is 0. The van der Waals surface area contributed by atoms with E-state index in [0.29, 0.717) is 0 Å². The molecule has 0 radical (unpaired) electrons. The van der Waals surface area contributed by atoms with Gasteiger partial charge in [0.05, 0.1) is 0 Å². The van der Waals surface area contributed by atoms with Gasteiger partial charge in [-0.25, -0.2) is 23.3 Å². The van der Waals surface area contributed by atoms with Crippen LogP contribution in [0.2, 0.25) is 0 Å². The summed E-state index contributed by atoms with van der Waals surface area (Å²) in [6.07, 6.45) is 19.3. The number of hydrogen-bond donors (Lipinski definition) is 0. The average Bonchev–Trinajstić information content (AvgIpc) is 2.92. The van der Waals surface area contributed by atoms with Crippen molar-refractivity contribution in [3.8, 4) is 0 Å². The molecule has 0 spiro atoms. The summed E-state index contributed by atoms with van der Waals surface area (Å²) in [6, 6.07) is 0. The Morgan fingerprint density at radius 2 is 1.33 bits per heavy atom. The van der Waals surface area contributed by atoms with Crippen LogP contribution in [0.4, 0.5) is 0 Å². The molecule has 0 amide bonds. The van der Waals surface area contributed by atoms with Gasteiger partial charge in [0, 0.05) is 0 Å². The van der Waals surface area contributed by atoms with Gasteiger partial charge in [-0.15, -0.1) is 12.8 Å². The molecule has 2 rings (SSSR count). The van der Waals surface area contributed by atoms with Gasteiger partial charge in [-0.1, -0.05) is 26.7 Å². The third-order valence-electron chi connectivity index (χ3n) is 2.29. The van der Waals surface area contributed by atoms with Gasteiger partial charge in [-0.2, -0.15) is 12.2 Å². The molecule has 0 atom stereocenters. The van der Waals surface area contributed by atoms with Gasteiger partial charge in [0.15, 0.2) is 0 Å². The van der Waals surface area contributed by atoms with Gasteiger partial charge in [0.25, 0.3) is 0 Å². The van der Waals surface area contributed by atoms with Crippen LogP contribution in [0.5, 0.6) is 0 Å². The van der Waals surface area contributed by atoms with Crippen molar-refractivity contribution >= 4 is 0 Å². The van der Waals surface area contributed by atoms with Crippen LogP contribution in [0.25, 0.3) is 0 Å². The zero-order chi connectivity index (χ0) is 10.2. The first-order valence-corrected chi connectivity index (χ1v) is 5.39. The van der Waals surface area contributed by atoms with E-state index in [2.05, 4.69) is 50.3 Å². The predicted molar refractivity (Wildman–Crippen MR) is 61.6 cm³/mol. The van der Waals surface area contributed by atoms with E-state index in [4.69, 9.17) is 0 Å². The SMILES string of the molecule is CCC1=[C-]CC=C1.CCC1=[C-]CC=C1.[Cr+2]. The van der Waals surface area contributed by atoms with Crippen molar-refractivity contribution in [2.24, 2.45) is 0 Å². The summed E-state index contributed by atoms with van der Waals surface area (Å²) in [7, 11) is 0. The van der Waals surface area contributed by atoms with Crippen LogP contribution in [0.1, 0.15) is 39.5 Å². The van der Waals surface area contributed by atoms with Crippen LogP contribution >= 0.6 is 0 Å². The smallest absolute Gasteiger partial charge is 0.270 e. The van der Waals surface area contributed by atoms with E-state index in [9.17, 15) is 0 Å². The van der Waals surface area contributed by atoms with Crippen molar-refractivity contribution in [3.63, 3.8) is 0 Å². The second kappa shape index (κ2) is 8.77.